The summed E-state index contributed by atoms with van der Waals surface area (Å²) in [5.41, 5.74) is 1.74. The van der Waals surface area contributed by atoms with Gasteiger partial charge in [0.15, 0.2) is 0 Å². The van der Waals surface area contributed by atoms with Crippen molar-refractivity contribution in [2.75, 3.05) is 6.54 Å². The van der Waals surface area contributed by atoms with Crippen molar-refractivity contribution in [3.63, 3.8) is 0 Å². The fourth-order valence-corrected chi connectivity index (χ4v) is 4.37. The maximum atomic E-state index is 13.6. The molecule has 0 aliphatic carbocycles. The third-order valence-corrected chi connectivity index (χ3v) is 5.95. The van der Waals surface area contributed by atoms with Gasteiger partial charge in [-0.05, 0) is 61.0 Å². The molecule has 1 aliphatic rings. The van der Waals surface area contributed by atoms with Crippen LogP contribution in [-0.2, 0) is 9.59 Å². The van der Waals surface area contributed by atoms with Crippen LogP contribution in [0.4, 0.5) is 4.39 Å². The number of ketones is 1. The number of halogens is 1. The molecule has 6 heteroatoms. The van der Waals surface area contributed by atoms with E-state index in [0.29, 0.717) is 17.7 Å². The van der Waals surface area contributed by atoms with Gasteiger partial charge >= 0.3 is 0 Å². The molecule has 1 aromatic carbocycles. The van der Waals surface area contributed by atoms with Gasteiger partial charge in [0.1, 0.15) is 11.6 Å². The number of carbonyl (C=O) groups excluding carboxylic acids is 2. The number of unbranched alkanes of at least 4 members (excludes halogenated alkanes) is 1. The van der Waals surface area contributed by atoms with Gasteiger partial charge in [-0.15, -0.1) is 11.3 Å². The van der Waals surface area contributed by atoms with Crippen molar-refractivity contribution >= 4 is 28.8 Å². The van der Waals surface area contributed by atoms with E-state index in [4.69, 9.17) is 0 Å². The van der Waals surface area contributed by atoms with Crippen molar-refractivity contribution in [1.82, 2.24) is 4.90 Å². The van der Waals surface area contributed by atoms with Crippen molar-refractivity contribution < 1.29 is 19.1 Å². The monoisotopic (exact) mass is 387 g/mol. The molecule has 142 valence electrons. The SMILES string of the molecule is CCCCN1C(=O)C(=O)/C(=C(\O)c2ccc(F)c(C)c2)C1c1sccc1C. The van der Waals surface area contributed by atoms with E-state index in [2.05, 4.69) is 0 Å². The fraction of sp³-hybridized carbons (Fsp3) is 0.333. The predicted octanol–water partition coefficient (Wildman–Crippen LogP) is 4.73. The number of Topliss-reactive ketones (excluding diaryl/α,β-unsaturated/α-hetero) is 1. The largest absolute Gasteiger partial charge is 0.507 e. The Kier molecular flexibility index (Phi) is 5.46. The zero-order chi connectivity index (χ0) is 19.7. The zero-order valence-corrected chi connectivity index (χ0v) is 16.4. The first-order valence-corrected chi connectivity index (χ1v) is 9.83. The minimum atomic E-state index is -0.691. The van der Waals surface area contributed by atoms with Crippen LogP contribution < -0.4 is 0 Å². The Labute approximate surface area is 161 Å². The standard InChI is InChI=1S/C21H22FNO3S/c1-4-5-9-23-17(20-12(2)8-10-27-20)16(19(25)21(23)26)18(24)14-6-7-15(22)13(3)11-14/h6-8,10-11,17,24H,4-5,9H2,1-3H3/b18-16-. The Morgan fingerprint density at radius 3 is 2.56 bits per heavy atom. The first-order valence-electron chi connectivity index (χ1n) is 8.95. The maximum absolute atomic E-state index is 13.6. The number of hydrogen-bond acceptors (Lipinski definition) is 4. The second-order valence-corrected chi connectivity index (χ2v) is 7.73. The summed E-state index contributed by atoms with van der Waals surface area (Å²) in [6, 6.07) is 5.49. The summed E-state index contributed by atoms with van der Waals surface area (Å²) in [4.78, 5) is 27.9. The molecule has 1 saturated heterocycles. The Morgan fingerprint density at radius 1 is 1.22 bits per heavy atom. The number of nitrogens with zero attached hydrogens (tertiary/aromatic N) is 1. The lowest BCUT2D eigenvalue weighted by atomic mass is 9.97. The lowest BCUT2D eigenvalue weighted by Crippen LogP contribution is -2.30. The number of aryl methyl sites for hydroxylation is 2. The summed E-state index contributed by atoms with van der Waals surface area (Å²) in [6.45, 7) is 5.98. The van der Waals surface area contributed by atoms with E-state index in [1.807, 2.05) is 25.3 Å². The molecule has 0 bridgehead atoms. The third-order valence-electron chi connectivity index (χ3n) is 4.87. The first-order chi connectivity index (χ1) is 12.9. The normalized spacial score (nSPS) is 19.1. The smallest absolute Gasteiger partial charge is 0.295 e. The number of likely N-dealkylation sites (tertiary alicyclic amines) is 1. The maximum Gasteiger partial charge on any atom is 0.295 e. The molecule has 1 atom stereocenters. The highest BCUT2D eigenvalue weighted by Gasteiger charge is 2.46. The fourth-order valence-electron chi connectivity index (χ4n) is 3.32. The molecular formula is C21H22FNO3S. The molecule has 2 heterocycles. The molecule has 3 rings (SSSR count). The van der Waals surface area contributed by atoms with Crippen molar-refractivity contribution in [1.29, 1.82) is 0 Å². The topological polar surface area (TPSA) is 57.6 Å². The number of amides is 1. The van der Waals surface area contributed by atoms with Gasteiger partial charge in [-0.25, -0.2) is 4.39 Å². The Morgan fingerprint density at radius 2 is 1.96 bits per heavy atom. The average molecular weight is 387 g/mol. The van der Waals surface area contributed by atoms with Crippen LogP contribution in [0.3, 0.4) is 0 Å². The van der Waals surface area contributed by atoms with Crippen molar-refractivity contribution in [2.24, 2.45) is 0 Å². The summed E-state index contributed by atoms with van der Waals surface area (Å²) in [7, 11) is 0. The van der Waals surface area contributed by atoms with E-state index in [1.54, 1.807) is 11.8 Å². The minimum absolute atomic E-state index is 0.0765. The van der Waals surface area contributed by atoms with Crippen molar-refractivity contribution in [2.45, 2.75) is 39.7 Å². The third kappa shape index (κ3) is 3.41. The van der Waals surface area contributed by atoms with Crippen molar-refractivity contribution in [3.8, 4) is 0 Å². The summed E-state index contributed by atoms with van der Waals surface area (Å²) in [6.07, 6.45) is 1.65. The Hall–Kier alpha value is -2.47. The van der Waals surface area contributed by atoms with E-state index >= 15 is 0 Å². The number of rotatable bonds is 5. The molecule has 1 unspecified atom stereocenters. The number of hydrogen-bond donors (Lipinski definition) is 1. The number of aliphatic hydroxyl groups excluding tert-OH is 1. The van der Waals surface area contributed by atoms with E-state index in [9.17, 15) is 19.1 Å². The van der Waals surface area contributed by atoms with Crippen LogP contribution in [0.15, 0.2) is 35.2 Å². The number of benzene rings is 1. The van der Waals surface area contributed by atoms with Gasteiger partial charge in [-0.1, -0.05) is 13.3 Å². The molecular weight excluding hydrogens is 365 g/mol. The van der Waals surface area contributed by atoms with Crippen LogP contribution in [-0.4, -0.2) is 28.2 Å². The lowest BCUT2D eigenvalue weighted by molar-refractivity contribution is -0.139. The van der Waals surface area contributed by atoms with E-state index in [-0.39, 0.29) is 17.1 Å². The summed E-state index contributed by atoms with van der Waals surface area (Å²) in [5, 5.41) is 12.8. The molecule has 0 saturated carbocycles. The molecule has 4 nitrogen and oxygen atoms in total. The molecule has 1 aliphatic heterocycles. The summed E-state index contributed by atoms with van der Waals surface area (Å²) >= 11 is 1.46. The van der Waals surface area contributed by atoms with Gasteiger partial charge in [0.25, 0.3) is 11.7 Å². The summed E-state index contributed by atoms with van der Waals surface area (Å²) in [5.74, 6) is -1.93. The zero-order valence-electron chi connectivity index (χ0n) is 15.6. The van der Waals surface area contributed by atoms with Crippen molar-refractivity contribution in [3.05, 3.63) is 62.6 Å². The molecule has 0 radical (unpaired) electrons. The minimum Gasteiger partial charge on any atom is -0.507 e. The molecule has 2 aromatic rings. The van der Waals surface area contributed by atoms with Crippen LogP contribution in [0.2, 0.25) is 0 Å². The van der Waals surface area contributed by atoms with E-state index in [1.165, 1.54) is 29.5 Å². The summed E-state index contributed by atoms with van der Waals surface area (Å²) < 4.78 is 13.6. The second kappa shape index (κ2) is 7.64. The number of thiophene rings is 1. The molecule has 0 spiro atoms. The van der Waals surface area contributed by atoms with Gasteiger partial charge in [0, 0.05) is 17.0 Å². The molecule has 1 N–H and O–H groups in total. The van der Waals surface area contributed by atoms with Gasteiger partial charge in [0.2, 0.25) is 0 Å². The van der Waals surface area contributed by atoms with Gasteiger partial charge in [-0.2, -0.15) is 0 Å². The quantitative estimate of drug-likeness (QED) is 0.459. The van der Waals surface area contributed by atoms with Gasteiger partial charge in [0.05, 0.1) is 11.6 Å². The number of carbonyl (C=O) groups is 2. The molecule has 27 heavy (non-hydrogen) atoms. The highest BCUT2D eigenvalue weighted by molar-refractivity contribution is 7.10. The van der Waals surface area contributed by atoms with E-state index < -0.39 is 17.7 Å². The average Bonchev–Trinajstić information content (AvgIpc) is 3.16. The van der Waals surface area contributed by atoms with Crippen LogP contribution in [0.25, 0.3) is 5.76 Å². The number of aliphatic hydroxyl groups is 1. The first kappa shape index (κ1) is 19.3. The predicted molar refractivity (Wildman–Crippen MR) is 104 cm³/mol. The highest BCUT2D eigenvalue weighted by atomic mass is 32.1. The molecule has 1 fully saturated rings. The lowest BCUT2D eigenvalue weighted by Gasteiger charge is -2.24. The Bertz CT molecular complexity index is 931. The van der Waals surface area contributed by atoms with Crippen LogP contribution >= 0.6 is 11.3 Å². The van der Waals surface area contributed by atoms with Gasteiger partial charge < -0.3 is 10.0 Å². The molecule has 1 aromatic heterocycles. The van der Waals surface area contributed by atoms with Crippen LogP contribution in [0.5, 0.6) is 0 Å². The van der Waals surface area contributed by atoms with Crippen LogP contribution in [0.1, 0.15) is 47.4 Å². The van der Waals surface area contributed by atoms with Gasteiger partial charge in [-0.3, -0.25) is 9.59 Å². The second-order valence-electron chi connectivity index (χ2n) is 6.78. The van der Waals surface area contributed by atoms with E-state index in [0.717, 1.165) is 23.3 Å². The Balaban J connectivity index is 2.18. The highest BCUT2D eigenvalue weighted by Crippen LogP contribution is 2.42. The molecule has 1 amide bonds. The van der Waals surface area contributed by atoms with Crippen LogP contribution in [0, 0.1) is 19.7 Å².